The van der Waals surface area contributed by atoms with Gasteiger partial charge >= 0.3 is 0 Å². The van der Waals surface area contributed by atoms with Crippen LogP contribution in [0, 0.1) is 0 Å². The molecule has 1 aromatic carbocycles. The molecule has 2 heterocycles. The standard InChI is InChI=1S/C16H17BrCl2N2O2/c1-7-11-12-9(17)5-10(18)13(19)15(12)21-14(11)8(3-4-23-2)6-20-16(7)22/h5,7-8,21H,3-4,6H2,1-2H3,(H,20,22). The lowest BCUT2D eigenvalue weighted by Gasteiger charge is -2.14. The molecule has 0 fully saturated rings. The highest BCUT2D eigenvalue weighted by Gasteiger charge is 2.32. The third kappa shape index (κ3) is 2.88. The Hall–Kier alpha value is -0.750. The SMILES string of the molecule is COCCC1CNC(=O)C(C)c2c1[nH]c1c(Cl)c(Cl)cc(Br)c21. The van der Waals surface area contributed by atoms with Crippen molar-refractivity contribution in [3.63, 3.8) is 0 Å². The van der Waals surface area contributed by atoms with Crippen LogP contribution in [0.2, 0.25) is 10.0 Å². The van der Waals surface area contributed by atoms with Gasteiger partial charge in [-0.15, -0.1) is 0 Å². The predicted octanol–water partition coefficient (Wildman–Crippen LogP) is 4.59. The minimum atomic E-state index is -0.264. The van der Waals surface area contributed by atoms with Gasteiger partial charge in [0.2, 0.25) is 5.91 Å². The number of nitrogens with one attached hydrogen (secondary N) is 2. The van der Waals surface area contributed by atoms with E-state index in [1.807, 2.05) is 6.92 Å². The van der Waals surface area contributed by atoms with Crippen molar-refractivity contribution in [3.05, 3.63) is 31.8 Å². The first-order valence-corrected chi connectivity index (χ1v) is 8.96. The van der Waals surface area contributed by atoms with Crippen LogP contribution in [0.3, 0.4) is 0 Å². The molecule has 1 aliphatic heterocycles. The van der Waals surface area contributed by atoms with E-state index in [0.717, 1.165) is 33.1 Å². The van der Waals surface area contributed by atoms with Gasteiger partial charge in [0.05, 0.1) is 21.5 Å². The maximum absolute atomic E-state index is 12.4. The van der Waals surface area contributed by atoms with Crippen molar-refractivity contribution in [1.82, 2.24) is 10.3 Å². The molecule has 124 valence electrons. The summed E-state index contributed by atoms with van der Waals surface area (Å²) in [7, 11) is 1.68. The van der Waals surface area contributed by atoms with Crippen LogP contribution in [-0.2, 0) is 9.53 Å². The zero-order chi connectivity index (χ0) is 16.7. The smallest absolute Gasteiger partial charge is 0.227 e. The summed E-state index contributed by atoms with van der Waals surface area (Å²) >= 11 is 16.1. The monoisotopic (exact) mass is 418 g/mol. The highest BCUT2D eigenvalue weighted by atomic mass is 79.9. The fraction of sp³-hybridized carbons (Fsp3) is 0.438. The molecule has 0 saturated heterocycles. The van der Waals surface area contributed by atoms with Crippen molar-refractivity contribution in [2.24, 2.45) is 0 Å². The minimum absolute atomic E-state index is 0.0186. The highest BCUT2D eigenvalue weighted by Crippen LogP contribution is 2.44. The molecule has 7 heteroatoms. The van der Waals surface area contributed by atoms with Gasteiger partial charge in [-0.05, 0) is 25.0 Å². The van der Waals surface area contributed by atoms with Crippen LogP contribution in [0.4, 0.5) is 0 Å². The van der Waals surface area contributed by atoms with Crippen molar-refractivity contribution >= 4 is 55.9 Å². The molecule has 2 atom stereocenters. The maximum Gasteiger partial charge on any atom is 0.227 e. The number of hydrogen-bond donors (Lipinski definition) is 2. The molecule has 2 N–H and O–H groups in total. The Morgan fingerprint density at radius 3 is 2.87 bits per heavy atom. The summed E-state index contributed by atoms with van der Waals surface area (Å²) in [5, 5.41) is 4.90. The van der Waals surface area contributed by atoms with Crippen molar-refractivity contribution in [2.75, 3.05) is 20.3 Å². The average molecular weight is 420 g/mol. The van der Waals surface area contributed by atoms with Gasteiger partial charge in [-0.25, -0.2) is 0 Å². The van der Waals surface area contributed by atoms with Crippen LogP contribution >= 0.6 is 39.1 Å². The van der Waals surface area contributed by atoms with Gasteiger partial charge < -0.3 is 15.0 Å². The van der Waals surface area contributed by atoms with Gasteiger partial charge in [0.25, 0.3) is 0 Å². The molecule has 23 heavy (non-hydrogen) atoms. The van der Waals surface area contributed by atoms with Crippen LogP contribution < -0.4 is 5.32 Å². The van der Waals surface area contributed by atoms with E-state index in [1.54, 1.807) is 13.2 Å². The van der Waals surface area contributed by atoms with Crippen LogP contribution in [0.5, 0.6) is 0 Å². The summed E-state index contributed by atoms with van der Waals surface area (Å²) in [5.41, 5.74) is 2.80. The number of fused-ring (bicyclic) bond motifs is 3. The number of aromatic amines is 1. The van der Waals surface area contributed by atoms with Crippen LogP contribution in [-0.4, -0.2) is 31.2 Å². The van der Waals surface area contributed by atoms with Gasteiger partial charge in [0.15, 0.2) is 0 Å². The molecule has 2 unspecified atom stereocenters. The van der Waals surface area contributed by atoms with Crippen molar-refractivity contribution in [1.29, 1.82) is 0 Å². The molecule has 1 aliphatic rings. The van der Waals surface area contributed by atoms with E-state index in [4.69, 9.17) is 27.9 Å². The summed E-state index contributed by atoms with van der Waals surface area (Å²) in [6.07, 6.45) is 0.812. The van der Waals surface area contributed by atoms with Crippen LogP contribution in [0.25, 0.3) is 10.9 Å². The van der Waals surface area contributed by atoms with Crippen molar-refractivity contribution < 1.29 is 9.53 Å². The number of methoxy groups -OCH3 is 1. The Kier molecular flexibility index (Phi) is 4.93. The van der Waals surface area contributed by atoms with Crippen molar-refractivity contribution in [3.8, 4) is 0 Å². The number of aromatic nitrogens is 1. The van der Waals surface area contributed by atoms with Gasteiger partial charge in [-0.3, -0.25) is 4.79 Å². The second-order valence-electron chi connectivity index (χ2n) is 5.80. The van der Waals surface area contributed by atoms with E-state index < -0.39 is 0 Å². The summed E-state index contributed by atoms with van der Waals surface area (Å²) in [4.78, 5) is 15.8. The molecular weight excluding hydrogens is 403 g/mol. The lowest BCUT2D eigenvalue weighted by atomic mass is 9.92. The lowest BCUT2D eigenvalue weighted by Crippen LogP contribution is -2.28. The maximum atomic E-state index is 12.4. The molecule has 0 spiro atoms. The van der Waals surface area contributed by atoms with E-state index in [-0.39, 0.29) is 17.7 Å². The third-order valence-corrected chi connectivity index (χ3v) is 5.83. The van der Waals surface area contributed by atoms with Crippen LogP contribution in [0.15, 0.2) is 10.5 Å². The Morgan fingerprint density at radius 2 is 2.17 bits per heavy atom. The fourth-order valence-corrected chi connectivity index (χ4v) is 4.37. The van der Waals surface area contributed by atoms with Crippen molar-refractivity contribution in [2.45, 2.75) is 25.2 Å². The summed E-state index contributed by atoms with van der Waals surface area (Å²) < 4.78 is 6.05. The lowest BCUT2D eigenvalue weighted by molar-refractivity contribution is -0.122. The topological polar surface area (TPSA) is 54.1 Å². The second kappa shape index (κ2) is 6.63. The third-order valence-electron chi connectivity index (χ3n) is 4.42. The molecule has 3 rings (SSSR count). The highest BCUT2D eigenvalue weighted by molar-refractivity contribution is 9.10. The fourth-order valence-electron chi connectivity index (χ4n) is 3.20. The van der Waals surface area contributed by atoms with E-state index in [9.17, 15) is 4.79 Å². The van der Waals surface area contributed by atoms with E-state index in [1.165, 1.54) is 0 Å². The Morgan fingerprint density at radius 1 is 1.43 bits per heavy atom. The number of halogens is 3. The molecule has 1 amide bonds. The average Bonchev–Trinajstić information content (AvgIpc) is 2.88. The number of amides is 1. The van der Waals surface area contributed by atoms with E-state index in [0.29, 0.717) is 23.2 Å². The van der Waals surface area contributed by atoms with Crippen LogP contribution in [0.1, 0.15) is 36.4 Å². The largest absolute Gasteiger partial charge is 0.385 e. The van der Waals surface area contributed by atoms with Gasteiger partial charge in [0.1, 0.15) is 0 Å². The first-order valence-electron chi connectivity index (χ1n) is 7.41. The molecule has 0 bridgehead atoms. The van der Waals surface area contributed by atoms with E-state index in [2.05, 4.69) is 26.2 Å². The molecular formula is C16H17BrCl2N2O2. The summed E-state index contributed by atoms with van der Waals surface area (Å²) in [6.45, 7) is 3.11. The zero-order valence-electron chi connectivity index (χ0n) is 12.8. The first kappa shape index (κ1) is 17.1. The Bertz CT molecular complexity index is 775. The number of carbonyl (C=O) groups excluding carboxylic acids is 1. The molecule has 0 radical (unpaired) electrons. The number of benzene rings is 1. The first-order chi connectivity index (χ1) is 11.0. The number of ether oxygens (including phenoxy) is 1. The zero-order valence-corrected chi connectivity index (χ0v) is 15.9. The van der Waals surface area contributed by atoms with E-state index >= 15 is 0 Å². The number of rotatable bonds is 3. The molecule has 2 aromatic rings. The molecule has 4 nitrogen and oxygen atoms in total. The summed E-state index contributed by atoms with van der Waals surface area (Å²) in [6, 6.07) is 1.78. The minimum Gasteiger partial charge on any atom is -0.385 e. The molecule has 1 aromatic heterocycles. The second-order valence-corrected chi connectivity index (χ2v) is 7.44. The Balaban J connectivity index is 2.27. The number of hydrogen-bond acceptors (Lipinski definition) is 2. The predicted molar refractivity (Wildman–Crippen MR) is 96.7 cm³/mol. The Labute approximate surface area is 153 Å². The number of carbonyl (C=O) groups is 1. The normalized spacial score (nSPS) is 21.2. The molecule has 0 aliphatic carbocycles. The summed E-state index contributed by atoms with van der Waals surface area (Å²) in [5.74, 6) is -0.0992. The quantitative estimate of drug-likeness (QED) is 0.714. The van der Waals surface area contributed by atoms with Gasteiger partial charge in [-0.2, -0.15) is 0 Å². The molecule has 0 saturated carbocycles. The van der Waals surface area contributed by atoms with Gasteiger partial charge in [0, 0.05) is 41.7 Å². The van der Waals surface area contributed by atoms with Gasteiger partial charge in [-0.1, -0.05) is 39.1 Å². The number of H-pyrrole nitrogens is 1.